The highest BCUT2D eigenvalue weighted by Crippen LogP contribution is 2.26. The molecule has 0 unspecified atom stereocenters. The van der Waals surface area contributed by atoms with Gasteiger partial charge in [-0.25, -0.2) is 13.8 Å². The van der Waals surface area contributed by atoms with Crippen molar-refractivity contribution in [3.63, 3.8) is 0 Å². The number of benzene rings is 2. The molecule has 5 N–H and O–H groups in total. The third kappa shape index (κ3) is 3.99. The minimum absolute atomic E-state index is 0.00686. The van der Waals surface area contributed by atoms with Crippen LogP contribution in [-0.2, 0) is 0 Å². The lowest BCUT2D eigenvalue weighted by atomic mass is 10.2. The lowest BCUT2D eigenvalue weighted by Gasteiger charge is -2.21. The lowest BCUT2D eigenvalue weighted by molar-refractivity contribution is 0.623. The number of hydrogen-bond acceptors (Lipinski definition) is 8. The largest absolute Gasteiger partial charge is 0.382 e. The van der Waals surface area contributed by atoms with Crippen LogP contribution in [0.3, 0.4) is 0 Å². The summed E-state index contributed by atoms with van der Waals surface area (Å²) < 4.78 is 29.7. The molecule has 0 amide bonds. The first kappa shape index (κ1) is 21.9. The van der Waals surface area contributed by atoms with Crippen LogP contribution in [0, 0.1) is 23.0 Å². The fourth-order valence-electron chi connectivity index (χ4n) is 3.40. The van der Waals surface area contributed by atoms with E-state index in [1.165, 1.54) is 18.2 Å². The number of nitrogens with one attached hydrogen (secondary N) is 1. The van der Waals surface area contributed by atoms with Crippen molar-refractivity contribution < 1.29 is 8.78 Å². The molecule has 0 aliphatic rings. The maximum absolute atomic E-state index is 14.5. The second-order valence-electron chi connectivity index (χ2n) is 7.04. The van der Waals surface area contributed by atoms with Crippen LogP contribution < -0.4 is 22.3 Å². The van der Waals surface area contributed by atoms with Gasteiger partial charge in [0, 0.05) is 5.02 Å². The van der Waals surface area contributed by atoms with Crippen molar-refractivity contribution in [2.24, 2.45) is 0 Å². The molecule has 0 radical (unpaired) electrons. The van der Waals surface area contributed by atoms with E-state index in [9.17, 15) is 18.8 Å². The standard InChI is InChI=1S/C21H15ClF2N8O/c1-9(28-18-13(8-25)17(26)30-21(27)31-18)19-29-15-4-2-3-14(24)16(15)20(33)32(19)12-6-10(22)5-11(23)7-12/h2-7,9H,1H3,(H5,26,27,28,30,31)/t9-/m0/s1. The summed E-state index contributed by atoms with van der Waals surface area (Å²) in [7, 11) is 0. The van der Waals surface area contributed by atoms with E-state index in [1.807, 2.05) is 6.07 Å². The Morgan fingerprint density at radius 3 is 2.64 bits per heavy atom. The van der Waals surface area contributed by atoms with Crippen molar-refractivity contribution in [3.8, 4) is 11.8 Å². The van der Waals surface area contributed by atoms with E-state index in [-0.39, 0.29) is 50.6 Å². The molecule has 0 bridgehead atoms. The fraction of sp³-hybridized carbons (Fsp3) is 0.0952. The molecule has 0 saturated heterocycles. The molecule has 0 aliphatic heterocycles. The van der Waals surface area contributed by atoms with E-state index < -0.39 is 23.2 Å². The summed E-state index contributed by atoms with van der Waals surface area (Å²) in [6.07, 6.45) is 0. The summed E-state index contributed by atoms with van der Waals surface area (Å²) in [5.74, 6) is -1.72. The Hall–Kier alpha value is -4.30. The third-order valence-corrected chi connectivity index (χ3v) is 5.00. The zero-order chi connectivity index (χ0) is 23.9. The molecular formula is C21H15ClF2N8O. The molecule has 4 aromatic rings. The van der Waals surface area contributed by atoms with Gasteiger partial charge in [-0.2, -0.15) is 15.2 Å². The molecule has 2 aromatic carbocycles. The van der Waals surface area contributed by atoms with E-state index in [1.54, 1.807) is 6.92 Å². The quantitative estimate of drug-likeness (QED) is 0.413. The number of fused-ring (bicyclic) bond motifs is 1. The second kappa shape index (κ2) is 8.33. The highest BCUT2D eigenvalue weighted by atomic mass is 35.5. The summed E-state index contributed by atoms with van der Waals surface area (Å²) in [6.45, 7) is 1.61. The van der Waals surface area contributed by atoms with Crippen LogP contribution in [0.1, 0.15) is 24.4 Å². The van der Waals surface area contributed by atoms with Gasteiger partial charge in [-0.15, -0.1) is 0 Å². The van der Waals surface area contributed by atoms with Gasteiger partial charge in [0.05, 0.1) is 17.2 Å². The first-order valence-corrected chi connectivity index (χ1v) is 9.84. The molecule has 166 valence electrons. The molecule has 0 saturated carbocycles. The normalized spacial score (nSPS) is 11.8. The van der Waals surface area contributed by atoms with Crippen molar-refractivity contribution in [2.45, 2.75) is 13.0 Å². The van der Waals surface area contributed by atoms with Crippen molar-refractivity contribution in [3.05, 3.63) is 74.8 Å². The van der Waals surface area contributed by atoms with Gasteiger partial charge in [0.2, 0.25) is 5.95 Å². The summed E-state index contributed by atoms with van der Waals surface area (Å²) >= 11 is 5.99. The number of nitrogen functional groups attached to an aromatic ring is 2. The van der Waals surface area contributed by atoms with Gasteiger partial charge in [0.1, 0.15) is 40.3 Å². The predicted octanol–water partition coefficient (Wildman–Crippen LogP) is 3.32. The van der Waals surface area contributed by atoms with Crippen LogP contribution in [0.2, 0.25) is 5.02 Å². The molecule has 1 atom stereocenters. The Bertz CT molecular complexity index is 1500. The van der Waals surface area contributed by atoms with Gasteiger partial charge in [-0.05, 0) is 37.3 Å². The second-order valence-corrected chi connectivity index (χ2v) is 7.48. The summed E-state index contributed by atoms with van der Waals surface area (Å²) in [4.78, 5) is 25.5. The highest BCUT2D eigenvalue weighted by molar-refractivity contribution is 6.30. The van der Waals surface area contributed by atoms with E-state index in [0.29, 0.717) is 0 Å². The predicted molar refractivity (Wildman–Crippen MR) is 120 cm³/mol. The molecule has 9 nitrogen and oxygen atoms in total. The molecule has 33 heavy (non-hydrogen) atoms. The zero-order valence-corrected chi connectivity index (χ0v) is 17.7. The Balaban J connectivity index is 1.97. The van der Waals surface area contributed by atoms with Crippen molar-refractivity contribution >= 4 is 40.1 Å². The molecule has 2 heterocycles. The highest BCUT2D eigenvalue weighted by Gasteiger charge is 2.22. The zero-order valence-electron chi connectivity index (χ0n) is 17.0. The monoisotopic (exact) mass is 468 g/mol. The number of halogens is 3. The third-order valence-electron chi connectivity index (χ3n) is 4.78. The van der Waals surface area contributed by atoms with Crippen LogP contribution in [0.15, 0.2) is 41.2 Å². The number of nitrogens with zero attached hydrogens (tertiary/aromatic N) is 5. The van der Waals surface area contributed by atoms with Gasteiger partial charge in [-0.1, -0.05) is 17.7 Å². The van der Waals surface area contributed by atoms with Crippen LogP contribution in [0.4, 0.5) is 26.4 Å². The Kier molecular flexibility index (Phi) is 5.53. The number of anilines is 3. The molecule has 4 rings (SSSR count). The number of rotatable bonds is 4. The van der Waals surface area contributed by atoms with Crippen LogP contribution in [-0.4, -0.2) is 19.5 Å². The van der Waals surface area contributed by atoms with Gasteiger partial charge in [0.25, 0.3) is 5.56 Å². The molecular weight excluding hydrogens is 454 g/mol. The number of nitriles is 1. The van der Waals surface area contributed by atoms with E-state index in [2.05, 4.69) is 20.3 Å². The number of nitrogens with two attached hydrogens (primary N) is 2. The Morgan fingerprint density at radius 1 is 1.18 bits per heavy atom. The van der Waals surface area contributed by atoms with E-state index >= 15 is 0 Å². The molecule has 12 heteroatoms. The fourth-order valence-corrected chi connectivity index (χ4v) is 3.61. The molecule has 0 fully saturated rings. The van der Waals surface area contributed by atoms with Crippen LogP contribution in [0.5, 0.6) is 0 Å². The maximum atomic E-state index is 14.5. The van der Waals surface area contributed by atoms with Gasteiger partial charge >= 0.3 is 0 Å². The van der Waals surface area contributed by atoms with Gasteiger partial charge in [0.15, 0.2) is 5.82 Å². The first-order chi connectivity index (χ1) is 15.7. The average Bonchev–Trinajstić information content (AvgIpc) is 2.72. The Morgan fingerprint density at radius 2 is 1.94 bits per heavy atom. The van der Waals surface area contributed by atoms with Gasteiger partial charge < -0.3 is 16.8 Å². The van der Waals surface area contributed by atoms with Crippen molar-refractivity contribution in [1.29, 1.82) is 5.26 Å². The number of hydrogen-bond donors (Lipinski definition) is 3. The maximum Gasteiger partial charge on any atom is 0.269 e. The summed E-state index contributed by atoms with van der Waals surface area (Å²) in [5, 5.41) is 12.1. The summed E-state index contributed by atoms with van der Waals surface area (Å²) in [6, 6.07) is 8.56. The van der Waals surface area contributed by atoms with Crippen LogP contribution >= 0.6 is 11.6 Å². The van der Waals surface area contributed by atoms with Gasteiger partial charge in [-0.3, -0.25) is 9.36 Å². The SMILES string of the molecule is C[C@H](Nc1nc(N)nc(N)c1C#N)c1nc2cccc(F)c2c(=O)n1-c1cc(F)cc(Cl)c1. The first-order valence-electron chi connectivity index (χ1n) is 9.47. The van der Waals surface area contributed by atoms with Crippen molar-refractivity contribution in [1.82, 2.24) is 19.5 Å². The molecule has 0 aliphatic carbocycles. The minimum atomic E-state index is -0.812. The van der Waals surface area contributed by atoms with Crippen molar-refractivity contribution in [2.75, 3.05) is 16.8 Å². The van der Waals surface area contributed by atoms with Crippen LogP contribution in [0.25, 0.3) is 16.6 Å². The number of aromatic nitrogens is 4. The van der Waals surface area contributed by atoms with E-state index in [0.717, 1.165) is 22.8 Å². The topological polar surface area (TPSA) is 149 Å². The lowest BCUT2D eigenvalue weighted by Crippen LogP contribution is -2.28. The summed E-state index contributed by atoms with van der Waals surface area (Å²) in [5.41, 5.74) is 10.7. The smallest absolute Gasteiger partial charge is 0.269 e. The van der Waals surface area contributed by atoms with E-state index in [4.69, 9.17) is 23.1 Å². The molecule has 0 spiro atoms. The molecule has 2 aromatic heterocycles. The minimum Gasteiger partial charge on any atom is -0.382 e. The Labute approximate surface area is 190 Å². The average molecular weight is 469 g/mol.